The highest BCUT2D eigenvalue weighted by Gasteiger charge is 2.42. The van der Waals surface area contributed by atoms with Crippen molar-refractivity contribution in [3.8, 4) is 0 Å². The number of aliphatic carboxylic acids is 2. The van der Waals surface area contributed by atoms with Crippen LogP contribution in [0.4, 0.5) is 0 Å². The molecule has 1 heterocycles. The van der Waals surface area contributed by atoms with Crippen LogP contribution in [0.2, 0.25) is 0 Å². The van der Waals surface area contributed by atoms with Crippen LogP contribution in [0, 0.1) is 0 Å². The lowest BCUT2D eigenvalue weighted by atomic mass is 9.79. The standard InChI is InChI=1S/C16H8O9/c17-7-3-1-5-6-2-4-8(18)12(10(6)14(21)22)16(24)25-15(23)11(7)9(5)13(19)20/h1-2H,3-4H2,(H,19,20)(H,21,22). The maximum atomic E-state index is 12.1. The summed E-state index contributed by atoms with van der Waals surface area (Å²) >= 11 is 0. The number of carboxylic acid groups (broad SMARTS) is 2. The van der Waals surface area contributed by atoms with E-state index < -0.39 is 57.7 Å². The van der Waals surface area contributed by atoms with Crippen LogP contribution in [-0.4, -0.2) is 45.7 Å². The summed E-state index contributed by atoms with van der Waals surface area (Å²) in [5, 5.41) is 18.9. The van der Waals surface area contributed by atoms with Crippen molar-refractivity contribution in [1.29, 1.82) is 0 Å². The summed E-state index contributed by atoms with van der Waals surface area (Å²) in [5.41, 5.74) is -3.65. The van der Waals surface area contributed by atoms with Gasteiger partial charge in [0.2, 0.25) is 0 Å². The fraction of sp³-hybridized carbons (Fsp3) is 0.125. The highest BCUT2D eigenvalue weighted by Crippen LogP contribution is 2.38. The number of hydrogen-bond acceptors (Lipinski definition) is 7. The van der Waals surface area contributed by atoms with Crippen LogP contribution in [0.5, 0.6) is 0 Å². The number of Topliss-reactive ketones (excluding diaryl/α,β-unsaturated/α-hetero) is 2. The number of rotatable bonds is 2. The Labute approximate surface area is 138 Å². The van der Waals surface area contributed by atoms with Gasteiger partial charge >= 0.3 is 23.9 Å². The highest BCUT2D eigenvalue weighted by molar-refractivity contribution is 6.31. The Morgan fingerprint density at radius 2 is 1.12 bits per heavy atom. The largest absolute Gasteiger partial charge is 0.478 e. The molecule has 9 nitrogen and oxygen atoms in total. The van der Waals surface area contributed by atoms with E-state index in [2.05, 4.69) is 4.74 Å². The number of cyclic esters (lactones) is 2. The molecule has 0 aromatic carbocycles. The van der Waals surface area contributed by atoms with E-state index in [-0.39, 0.29) is 24.0 Å². The van der Waals surface area contributed by atoms with Crippen molar-refractivity contribution in [3.05, 3.63) is 45.6 Å². The van der Waals surface area contributed by atoms with E-state index in [0.29, 0.717) is 0 Å². The molecular weight excluding hydrogens is 336 g/mol. The van der Waals surface area contributed by atoms with Crippen LogP contribution >= 0.6 is 0 Å². The summed E-state index contributed by atoms with van der Waals surface area (Å²) in [4.78, 5) is 71.5. The number of ether oxygens (including phenoxy) is 1. The molecule has 0 saturated heterocycles. The van der Waals surface area contributed by atoms with Gasteiger partial charge in [0.1, 0.15) is 11.1 Å². The molecule has 0 unspecified atom stereocenters. The number of allylic oxidation sites excluding steroid dienone is 2. The second-order valence-corrected chi connectivity index (χ2v) is 5.28. The molecule has 25 heavy (non-hydrogen) atoms. The smallest absolute Gasteiger partial charge is 0.350 e. The van der Waals surface area contributed by atoms with Gasteiger partial charge in [-0.15, -0.1) is 0 Å². The third kappa shape index (κ3) is 2.33. The topological polar surface area (TPSA) is 152 Å². The van der Waals surface area contributed by atoms with Gasteiger partial charge in [0.05, 0.1) is 11.1 Å². The fourth-order valence-electron chi connectivity index (χ4n) is 2.90. The molecule has 3 rings (SSSR count). The molecular formula is C16H8O9. The Hall–Kier alpha value is -3.62. The van der Waals surface area contributed by atoms with Crippen molar-refractivity contribution in [3.63, 3.8) is 0 Å². The number of carbonyl (C=O) groups is 6. The minimum Gasteiger partial charge on any atom is -0.478 e. The van der Waals surface area contributed by atoms with Crippen molar-refractivity contribution < 1.29 is 43.7 Å². The van der Waals surface area contributed by atoms with E-state index in [1.807, 2.05) is 0 Å². The van der Waals surface area contributed by atoms with Crippen molar-refractivity contribution in [2.24, 2.45) is 0 Å². The Morgan fingerprint density at radius 3 is 1.44 bits per heavy atom. The van der Waals surface area contributed by atoms with Crippen molar-refractivity contribution in [1.82, 2.24) is 0 Å². The summed E-state index contributed by atoms with van der Waals surface area (Å²) in [7, 11) is 0. The summed E-state index contributed by atoms with van der Waals surface area (Å²) in [6.07, 6.45) is 1.55. The number of ketones is 2. The molecule has 0 amide bonds. The van der Waals surface area contributed by atoms with Gasteiger partial charge < -0.3 is 14.9 Å². The van der Waals surface area contributed by atoms with Gasteiger partial charge in [-0.25, -0.2) is 19.2 Å². The third-order valence-corrected chi connectivity index (χ3v) is 3.89. The summed E-state index contributed by atoms with van der Waals surface area (Å²) in [5.74, 6) is -8.16. The number of hydrogen-bond donors (Lipinski definition) is 2. The van der Waals surface area contributed by atoms with Gasteiger partial charge in [-0.1, -0.05) is 12.2 Å². The van der Waals surface area contributed by atoms with E-state index in [4.69, 9.17) is 0 Å². The molecule has 4 bridgehead atoms. The van der Waals surface area contributed by atoms with Gasteiger partial charge in [0.15, 0.2) is 11.6 Å². The Morgan fingerprint density at radius 1 is 0.760 bits per heavy atom. The first-order valence-corrected chi connectivity index (χ1v) is 6.93. The Kier molecular flexibility index (Phi) is 3.56. The molecule has 2 N–H and O–H groups in total. The van der Waals surface area contributed by atoms with E-state index >= 15 is 0 Å². The van der Waals surface area contributed by atoms with Gasteiger partial charge in [-0.2, -0.15) is 0 Å². The molecule has 3 aliphatic rings. The van der Waals surface area contributed by atoms with E-state index in [0.717, 1.165) is 12.2 Å². The molecule has 0 atom stereocenters. The Bertz CT molecular complexity index is 861. The first-order chi connectivity index (χ1) is 11.7. The molecule has 0 saturated carbocycles. The molecule has 0 spiro atoms. The predicted molar refractivity (Wildman–Crippen MR) is 75.8 cm³/mol. The Balaban J connectivity index is 2.42. The lowest BCUT2D eigenvalue weighted by Crippen LogP contribution is -2.26. The zero-order valence-electron chi connectivity index (χ0n) is 12.3. The van der Waals surface area contributed by atoms with Crippen LogP contribution in [0.1, 0.15) is 12.8 Å². The lowest BCUT2D eigenvalue weighted by molar-refractivity contribution is -0.155. The average Bonchev–Trinajstić information content (AvgIpc) is 2.54. The van der Waals surface area contributed by atoms with Crippen LogP contribution in [0.25, 0.3) is 0 Å². The molecule has 126 valence electrons. The third-order valence-electron chi connectivity index (χ3n) is 3.89. The van der Waals surface area contributed by atoms with Crippen LogP contribution < -0.4 is 0 Å². The van der Waals surface area contributed by atoms with Gasteiger partial charge in [-0.3, -0.25) is 9.59 Å². The number of carbonyl (C=O) groups excluding carboxylic acids is 4. The van der Waals surface area contributed by atoms with Crippen LogP contribution in [0.15, 0.2) is 45.6 Å². The number of fused-ring (bicyclic) bond motifs is 3. The minimum atomic E-state index is -1.66. The SMILES string of the molecule is O=C(O)C1=C2C(=O)CC=C1C1=CCC(=O)C(=C1C(=O)O)C(=O)OC2=O. The summed E-state index contributed by atoms with van der Waals surface area (Å²) < 4.78 is 4.43. The van der Waals surface area contributed by atoms with Crippen molar-refractivity contribution in [2.75, 3.05) is 0 Å². The molecule has 0 aromatic rings. The van der Waals surface area contributed by atoms with Crippen LogP contribution in [0.3, 0.4) is 0 Å². The maximum absolute atomic E-state index is 12.1. The summed E-state index contributed by atoms with van der Waals surface area (Å²) in [6, 6.07) is 0. The number of esters is 2. The number of carboxylic acids is 2. The predicted octanol–water partition coefficient (Wildman–Crippen LogP) is -0.369. The van der Waals surface area contributed by atoms with E-state index in [9.17, 15) is 39.0 Å². The van der Waals surface area contributed by atoms with Crippen LogP contribution in [-0.2, 0) is 33.5 Å². The fourth-order valence-corrected chi connectivity index (χ4v) is 2.90. The zero-order chi connectivity index (χ0) is 18.5. The minimum absolute atomic E-state index is 0.212. The molecule has 0 radical (unpaired) electrons. The first kappa shape index (κ1) is 16.2. The maximum Gasteiger partial charge on any atom is 0.350 e. The van der Waals surface area contributed by atoms with E-state index in [1.54, 1.807) is 0 Å². The highest BCUT2D eigenvalue weighted by atomic mass is 16.6. The quantitative estimate of drug-likeness (QED) is 0.388. The molecule has 1 aliphatic heterocycles. The second-order valence-electron chi connectivity index (χ2n) is 5.28. The second kappa shape index (κ2) is 5.48. The molecule has 2 aliphatic carbocycles. The first-order valence-electron chi connectivity index (χ1n) is 6.93. The van der Waals surface area contributed by atoms with Gasteiger partial charge in [-0.05, 0) is 11.1 Å². The normalized spacial score (nSPS) is 20.3. The van der Waals surface area contributed by atoms with Gasteiger partial charge in [0.25, 0.3) is 0 Å². The van der Waals surface area contributed by atoms with Crippen molar-refractivity contribution >= 4 is 35.4 Å². The molecule has 0 fully saturated rings. The molecule has 0 aromatic heterocycles. The van der Waals surface area contributed by atoms with E-state index in [1.165, 1.54) is 0 Å². The van der Waals surface area contributed by atoms with Gasteiger partial charge in [0, 0.05) is 12.8 Å². The average molecular weight is 344 g/mol. The van der Waals surface area contributed by atoms with Crippen molar-refractivity contribution in [2.45, 2.75) is 12.8 Å². The monoisotopic (exact) mass is 344 g/mol. The summed E-state index contributed by atoms with van der Waals surface area (Å²) in [6.45, 7) is 0. The molecule has 9 heteroatoms. The lowest BCUT2D eigenvalue weighted by Gasteiger charge is -2.21. The zero-order valence-corrected chi connectivity index (χ0v) is 12.3.